The molecule has 0 saturated carbocycles. The summed E-state index contributed by atoms with van der Waals surface area (Å²) in [4.78, 5) is 0. The summed E-state index contributed by atoms with van der Waals surface area (Å²) in [5, 5.41) is 145. The van der Waals surface area contributed by atoms with Crippen LogP contribution in [0.2, 0.25) is 0 Å². The number of aliphatic hydroxyl groups excluding tert-OH is 11. The molecule has 3 aromatic rings. The van der Waals surface area contributed by atoms with Gasteiger partial charge in [-0.15, -0.1) is 0 Å². The number of phenols is 2. The number of hydrogen-bond donors (Lipinski definition) is 14. The Morgan fingerprint density at radius 2 is 1.23 bits per heavy atom. The van der Waals surface area contributed by atoms with Crippen LogP contribution in [0.4, 0.5) is 0 Å². The molecule has 2 aromatic carbocycles. The summed E-state index contributed by atoms with van der Waals surface area (Å²) in [5.41, 5.74) is -0.0694. The molecular weight excluding hydrogens is 808 g/mol. The lowest BCUT2D eigenvalue weighted by Gasteiger charge is -2.46. The summed E-state index contributed by atoms with van der Waals surface area (Å²) in [5.74, 6) is -2.57. The molecule has 0 spiro atoms. The maximum atomic E-state index is 11.4. The van der Waals surface area contributed by atoms with Gasteiger partial charge in [0.1, 0.15) is 96.7 Å². The number of aromatic hydroxyl groups is 3. The molecule has 14 N–H and O–H groups in total. The highest BCUT2D eigenvalue weighted by Crippen LogP contribution is 2.42. The summed E-state index contributed by atoms with van der Waals surface area (Å²) in [7, 11) is 0. The first-order valence-corrected chi connectivity index (χ1v) is 18.4. The molecule has 22 nitrogen and oxygen atoms in total. The molecule has 15 atom stereocenters. The molecule has 0 aliphatic carbocycles. The van der Waals surface area contributed by atoms with E-state index < -0.39 is 129 Å². The fourth-order valence-electron chi connectivity index (χ4n) is 6.75. The van der Waals surface area contributed by atoms with Crippen LogP contribution in [-0.2, 0) is 23.7 Å². The van der Waals surface area contributed by atoms with Gasteiger partial charge in [0.05, 0.1) is 42.8 Å². The zero-order valence-corrected chi connectivity index (χ0v) is 31.4. The third-order valence-corrected chi connectivity index (χ3v) is 10.0. The predicted molar refractivity (Wildman–Crippen MR) is 197 cm³/mol. The second-order valence-corrected chi connectivity index (χ2v) is 14.3. The van der Waals surface area contributed by atoms with E-state index in [1.165, 1.54) is 18.2 Å². The van der Waals surface area contributed by atoms with Crippen molar-refractivity contribution in [3.8, 4) is 40.1 Å². The molecule has 60 heavy (non-hydrogen) atoms. The first-order chi connectivity index (χ1) is 28.4. The molecule has 3 saturated heterocycles. The van der Waals surface area contributed by atoms with Crippen LogP contribution >= 0.6 is 0 Å². The fourth-order valence-corrected chi connectivity index (χ4v) is 6.75. The van der Waals surface area contributed by atoms with Gasteiger partial charge in [0.25, 0.3) is 0 Å². The maximum Gasteiger partial charge on any atom is 0.402 e. The average Bonchev–Trinajstić information content (AvgIpc) is 3.20. The van der Waals surface area contributed by atoms with E-state index >= 15 is 0 Å². The van der Waals surface area contributed by atoms with Gasteiger partial charge in [0.15, 0.2) is 17.8 Å². The van der Waals surface area contributed by atoms with Gasteiger partial charge in [-0.1, -0.05) is 13.2 Å². The fraction of sp³-hybridized carbons (Fsp3) is 0.500. The molecule has 0 unspecified atom stereocenters. The van der Waals surface area contributed by atoms with Crippen molar-refractivity contribution in [2.24, 2.45) is 0 Å². The second kappa shape index (κ2) is 18.6. The maximum absolute atomic E-state index is 11.4. The van der Waals surface area contributed by atoms with E-state index in [-0.39, 0.29) is 51.7 Å². The van der Waals surface area contributed by atoms with Crippen molar-refractivity contribution >= 4 is 11.0 Å². The molecule has 3 aliphatic rings. The van der Waals surface area contributed by atoms with Gasteiger partial charge < -0.3 is 105 Å². The summed E-state index contributed by atoms with van der Waals surface area (Å²) in [6.45, 7) is 5.01. The van der Waals surface area contributed by atoms with Crippen LogP contribution in [0.25, 0.3) is 22.3 Å². The van der Waals surface area contributed by atoms with E-state index in [0.717, 1.165) is 18.2 Å². The van der Waals surface area contributed by atoms with Crippen molar-refractivity contribution in [2.75, 3.05) is 19.8 Å². The van der Waals surface area contributed by atoms with Gasteiger partial charge in [-0.3, -0.25) is 0 Å². The number of aliphatic hydroxyl groups is 11. The van der Waals surface area contributed by atoms with Crippen molar-refractivity contribution in [1.82, 2.24) is 0 Å². The summed E-state index contributed by atoms with van der Waals surface area (Å²) < 4.78 is 45.1. The molecule has 330 valence electrons. The number of benzene rings is 2. The molecule has 0 bridgehead atoms. The molecule has 1 aromatic heterocycles. The summed E-state index contributed by atoms with van der Waals surface area (Å²) in [6, 6.07) is 7.06. The quantitative estimate of drug-likeness (QED) is 0.0598. The molecule has 0 amide bonds. The average molecular weight is 856 g/mol. The monoisotopic (exact) mass is 855 g/mol. The van der Waals surface area contributed by atoms with E-state index in [1.807, 2.05) is 0 Å². The van der Waals surface area contributed by atoms with E-state index in [4.69, 9.17) is 37.6 Å². The number of phenolic OH excluding ortho intramolecular Hbond substituents is 2. The Morgan fingerprint density at radius 1 is 0.633 bits per heavy atom. The van der Waals surface area contributed by atoms with Gasteiger partial charge in [-0.2, -0.15) is 0 Å². The van der Waals surface area contributed by atoms with Crippen molar-refractivity contribution in [1.29, 1.82) is 0 Å². The van der Waals surface area contributed by atoms with Crippen LogP contribution in [-0.4, -0.2) is 183 Å². The topological polar surface area (TPSA) is 359 Å². The number of ether oxygens (including phenoxy) is 7. The second-order valence-electron chi connectivity index (χ2n) is 14.3. The number of fused-ring (bicyclic) bond motifs is 1. The Bertz CT molecular complexity index is 1990. The van der Waals surface area contributed by atoms with Gasteiger partial charge in [-0.05, 0) is 12.1 Å². The zero-order valence-electron chi connectivity index (χ0n) is 31.4. The van der Waals surface area contributed by atoms with Gasteiger partial charge in [0, 0.05) is 18.2 Å². The Balaban J connectivity index is 1.25. The number of rotatable bonds is 14. The molecule has 3 aliphatic heterocycles. The van der Waals surface area contributed by atoms with Gasteiger partial charge >= 0.3 is 11.3 Å². The van der Waals surface area contributed by atoms with E-state index in [9.17, 15) is 71.5 Å². The van der Waals surface area contributed by atoms with Crippen molar-refractivity contribution in [2.45, 2.75) is 98.5 Å². The van der Waals surface area contributed by atoms with Crippen LogP contribution < -0.4 is 9.47 Å². The highest BCUT2D eigenvalue weighted by atomic mass is 16.7. The van der Waals surface area contributed by atoms with Crippen molar-refractivity contribution < 1.29 is 109 Å². The summed E-state index contributed by atoms with van der Waals surface area (Å²) in [6.07, 6.45) is -25.6. The first-order valence-electron chi connectivity index (χ1n) is 18.4. The molecule has 4 heterocycles. The van der Waals surface area contributed by atoms with Crippen LogP contribution in [0, 0.1) is 0 Å². The van der Waals surface area contributed by atoms with Crippen LogP contribution in [0.5, 0.6) is 28.7 Å². The normalized spacial score (nSPS) is 34.5. The van der Waals surface area contributed by atoms with Gasteiger partial charge in [-0.25, -0.2) is 4.42 Å². The van der Waals surface area contributed by atoms with E-state index in [0.29, 0.717) is 0 Å². The highest BCUT2D eigenvalue weighted by molar-refractivity contribution is 5.88. The van der Waals surface area contributed by atoms with E-state index in [1.54, 1.807) is 0 Å². The minimum Gasteiger partial charge on any atom is -0.512 e. The Morgan fingerprint density at radius 3 is 1.85 bits per heavy atom. The summed E-state index contributed by atoms with van der Waals surface area (Å²) >= 11 is 0. The first kappa shape index (κ1) is 44.9. The molecular formula is C38H47O22+. The Kier molecular flexibility index (Phi) is 13.9. The minimum absolute atomic E-state index is 0.0118. The molecule has 0 radical (unpaired) electrons. The smallest absolute Gasteiger partial charge is 0.402 e. The van der Waals surface area contributed by atoms with Crippen molar-refractivity contribution in [3.63, 3.8) is 0 Å². The number of hydrogen-bond acceptors (Lipinski definition) is 21. The zero-order chi connectivity index (χ0) is 43.7. The van der Waals surface area contributed by atoms with Crippen LogP contribution in [0.3, 0.4) is 0 Å². The lowest BCUT2D eigenvalue weighted by molar-refractivity contribution is -0.353. The minimum atomic E-state index is -1.93. The third kappa shape index (κ3) is 9.31. The Hall–Kier alpha value is -4.63. The molecule has 3 fully saturated rings. The molecule has 6 rings (SSSR count). The largest absolute Gasteiger partial charge is 0.512 e. The highest BCUT2D eigenvalue weighted by Gasteiger charge is 2.52. The van der Waals surface area contributed by atoms with Crippen molar-refractivity contribution in [3.05, 3.63) is 61.1 Å². The lowest BCUT2D eigenvalue weighted by Crippen LogP contribution is -2.65. The standard InChI is InChI=1S/C38H46O22/c1-13(41)5-14(2)53-12-25-28(47)35(60-37-32(51)30(49)27(46)24(11-40)58-37)33(52)38(59-25)54-16-7-18(42)17-9-20(44)34(55-22(17)8-16)15-3-4-21(19(43)6-15)56-36-31(50)29(48)26(45)23(10-39)57-36/h3-4,6-9,23-33,35-40,45-52H,1-2,5,10-12H2,(H3-,41,42,43,44)/p+1/t23-,24-,25-,26-,27-,28-,29+,30+,31-,32-,33-,35+,36-,37+,38-/m1/s1. The van der Waals surface area contributed by atoms with Crippen LogP contribution in [0.1, 0.15) is 6.42 Å². The Labute approximate surface area is 339 Å². The van der Waals surface area contributed by atoms with Crippen LogP contribution in [0.15, 0.2) is 65.5 Å². The lowest BCUT2D eigenvalue weighted by atomic mass is 9.97. The van der Waals surface area contributed by atoms with E-state index in [2.05, 4.69) is 13.2 Å². The SMILES string of the molecule is C=C(O)CC(=C)OC[C@H]1O[C@@H](Oc2cc(O)c3cc(O)c(-c4ccc(O[C@@H]5O[C@H](CO)[C@@H](O)[C@H](O)[C@H]5O)c(O)c4)[o+]c3c2)[C@H](O)[C@@H](O[C@@H]2O[C@H](CO)[C@@H](O)[C@H](O)[C@H]2O)[C@@H]1O. The predicted octanol–water partition coefficient (Wildman–Crippen LogP) is -2.32. The third-order valence-electron chi connectivity index (χ3n) is 10.0. The van der Waals surface area contributed by atoms with Gasteiger partial charge in [0.2, 0.25) is 18.3 Å². The molecule has 22 heteroatoms.